The minimum atomic E-state index is -0.457. The first-order valence-electron chi connectivity index (χ1n) is 7.51. The van der Waals surface area contributed by atoms with E-state index in [1.807, 2.05) is 26.8 Å². The number of fused-ring (bicyclic) bond motifs is 1. The maximum absolute atomic E-state index is 12.4. The summed E-state index contributed by atoms with van der Waals surface area (Å²) in [7, 11) is 0. The van der Waals surface area contributed by atoms with Gasteiger partial charge in [0.15, 0.2) is 0 Å². The second kappa shape index (κ2) is 6.55. The summed E-state index contributed by atoms with van der Waals surface area (Å²) in [6, 6.07) is 6.29. The Morgan fingerprint density at radius 1 is 1.43 bits per heavy atom. The summed E-state index contributed by atoms with van der Waals surface area (Å²) in [6.07, 6.45) is 1.81. The van der Waals surface area contributed by atoms with Crippen LogP contribution in [0.25, 0.3) is 0 Å². The van der Waals surface area contributed by atoms with Gasteiger partial charge in [-0.05, 0) is 56.7 Å². The number of nitrogens with zero attached hydrogens (tertiary/aromatic N) is 1. The van der Waals surface area contributed by atoms with E-state index in [1.165, 1.54) is 11.1 Å². The van der Waals surface area contributed by atoms with Gasteiger partial charge in [-0.2, -0.15) is 0 Å². The van der Waals surface area contributed by atoms with Gasteiger partial charge in [-0.1, -0.05) is 41.6 Å². The minimum absolute atomic E-state index is 0.234. The monoisotopic (exact) mass is 401 g/mol. The molecule has 21 heavy (non-hydrogen) atoms. The molecule has 1 aromatic rings. The summed E-state index contributed by atoms with van der Waals surface area (Å²) in [5, 5.41) is 0. The van der Waals surface area contributed by atoms with E-state index in [-0.39, 0.29) is 6.09 Å². The van der Waals surface area contributed by atoms with E-state index in [0.717, 1.165) is 29.5 Å². The molecule has 1 aliphatic rings. The van der Waals surface area contributed by atoms with E-state index in [0.29, 0.717) is 5.92 Å². The zero-order chi connectivity index (χ0) is 15.6. The van der Waals surface area contributed by atoms with Crippen molar-refractivity contribution in [3.63, 3.8) is 0 Å². The Bertz CT molecular complexity index is 522. The first-order valence-corrected chi connectivity index (χ1v) is 9.04. The van der Waals surface area contributed by atoms with Crippen LogP contribution in [0.5, 0.6) is 0 Å². The van der Waals surface area contributed by atoms with E-state index in [2.05, 4.69) is 41.6 Å². The smallest absolute Gasteiger partial charge is 0.414 e. The summed E-state index contributed by atoms with van der Waals surface area (Å²) < 4.78 is 6.63. The lowest BCUT2D eigenvalue weighted by Gasteiger charge is -2.33. The summed E-state index contributed by atoms with van der Waals surface area (Å²) in [5.41, 5.74) is 3.26. The predicted molar refractivity (Wildman–Crippen MR) is 95.6 cm³/mol. The molecule has 0 spiro atoms. The molecule has 1 heterocycles. The largest absolute Gasteiger partial charge is 0.443 e. The van der Waals surface area contributed by atoms with Gasteiger partial charge in [0, 0.05) is 11.0 Å². The molecule has 0 fully saturated rings. The standard InChI is InChI=1S/C17H24INO2/c1-12(11-18)13-7-5-9-15-14(13)8-6-10-19(15)16(20)21-17(2,3)4/h5,7,9,12H,6,8,10-11H2,1-4H3. The fourth-order valence-electron chi connectivity index (χ4n) is 2.70. The van der Waals surface area contributed by atoms with Crippen LogP contribution in [0.15, 0.2) is 18.2 Å². The molecule has 116 valence electrons. The number of alkyl halides is 1. The van der Waals surface area contributed by atoms with Crippen LogP contribution in [-0.4, -0.2) is 22.7 Å². The van der Waals surface area contributed by atoms with Gasteiger partial charge in [-0.25, -0.2) is 4.79 Å². The molecule has 0 radical (unpaired) electrons. The van der Waals surface area contributed by atoms with Crippen LogP contribution < -0.4 is 4.90 Å². The van der Waals surface area contributed by atoms with Crippen molar-refractivity contribution in [1.29, 1.82) is 0 Å². The highest BCUT2D eigenvalue weighted by molar-refractivity contribution is 14.1. The summed E-state index contributed by atoms with van der Waals surface area (Å²) in [5.74, 6) is 0.513. The van der Waals surface area contributed by atoms with Gasteiger partial charge in [0.2, 0.25) is 0 Å². The molecule has 0 aromatic heterocycles. The number of benzene rings is 1. The Labute approximate surface area is 141 Å². The first-order chi connectivity index (χ1) is 9.83. The van der Waals surface area contributed by atoms with Crippen LogP contribution in [-0.2, 0) is 11.2 Å². The van der Waals surface area contributed by atoms with E-state index in [9.17, 15) is 4.79 Å². The number of halogens is 1. The van der Waals surface area contributed by atoms with E-state index >= 15 is 0 Å². The number of ether oxygens (including phenoxy) is 1. The number of anilines is 1. The molecule has 3 nitrogen and oxygen atoms in total. The lowest BCUT2D eigenvalue weighted by atomic mass is 9.90. The van der Waals surface area contributed by atoms with Gasteiger partial charge in [0.05, 0.1) is 5.69 Å². The maximum atomic E-state index is 12.4. The fourth-order valence-corrected chi connectivity index (χ4v) is 3.18. The molecule has 4 heteroatoms. The van der Waals surface area contributed by atoms with Gasteiger partial charge in [-0.15, -0.1) is 0 Å². The summed E-state index contributed by atoms with van der Waals surface area (Å²) in [4.78, 5) is 14.2. The molecule has 0 N–H and O–H groups in total. The second-order valence-electron chi connectivity index (χ2n) is 6.64. The zero-order valence-electron chi connectivity index (χ0n) is 13.3. The van der Waals surface area contributed by atoms with Crippen molar-refractivity contribution in [2.75, 3.05) is 15.9 Å². The van der Waals surface area contributed by atoms with E-state index < -0.39 is 5.60 Å². The molecule has 1 aromatic carbocycles. The molecule has 0 aliphatic carbocycles. The first kappa shape index (κ1) is 16.6. The van der Waals surface area contributed by atoms with Crippen LogP contribution in [0.2, 0.25) is 0 Å². The quantitative estimate of drug-likeness (QED) is 0.521. The van der Waals surface area contributed by atoms with Crippen molar-refractivity contribution >= 4 is 34.4 Å². The van der Waals surface area contributed by atoms with Crippen molar-refractivity contribution in [1.82, 2.24) is 0 Å². The number of hydrogen-bond donors (Lipinski definition) is 0. The zero-order valence-corrected chi connectivity index (χ0v) is 15.4. The topological polar surface area (TPSA) is 29.5 Å². The Hall–Kier alpha value is -0.780. The molecule has 0 saturated carbocycles. The third-order valence-corrected chi connectivity index (χ3v) is 4.98. The molecule has 1 amide bonds. The Morgan fingerprint density at radius 2 is 2.14 bits per heavy atom. The van der Waals surface area contributed by atoms with E-state index in [4.69, 9.17) is 4.74 Å². The molecule has 0 saturated heterocycles. The van der Waals surface area contributed by atoms with Gasteiger partial charge in [0.1, 0.15) is 5.60 Å². The van der Waals surface area contributed by atoms with Crippen molar-refractivity contribution in [2.45, 2.75) is 52.1 Å². The van der Waals surface area contributed by atoms with Crippen molar-refractivity contribution in [3.8, 4) is 0 Å². The molecule has 1 aliphatic heterocycles. The van der Waals surface area contributed by atoms with Gasteiger partial charge < -0.3 is 4.74 Å². The average molecular weight is 401 g/mol. The Balaban J connectivity index is 2.34. The number of rotatable bonds is 2. The second-order valence-corrected chi connectivity index (χ2v) is 7.52. The third-order valence-electron chi connectivity index (χ3n) is 3.66. The fraction of sp³-hybridized carbons (Fsp3) is 0.588. The van der Waals surface area contributed by atoms with Crippen LogP contribution in [0.1, 0.15) is 51.2 Å². The van der Waals surface area contributed by atoms with Crippen LogP contribution in [0.4, 0.5) is 10.5 Å². The highest BCUT2D eigenvalue weighted by Crippen LogP contribution is 2.34. The van der Waals surface area contributed by atoms with Gasteiger partial charge in [0.25, 0.3) is 0 Å². The average Bonchev–Trinajstić information content (AvgIpc) is 2.43. The van der Waals surface area contributed by atoms with E-state index in [1.54, 1.807) is 4.90 Å². The molecule has 2 rings (SSSR count). The molecule has 1 atom stereocenters. The Kier molecular flexibility index (Phi) is 5.17. The SMILES string of the molecule is CC(CI)c1cccc2c1CCCN2C(=O)OC(C)(C)C. The number of amides is 1. The predicted octanol–water partition coefficient (Wildman–Crippen LogP) is 4.91. The van der Waals surface area contributed by atoms with Crippen LogP contribution >= 0.6 is 22.6 Å². The lowest BCUT2D eigenvalue weighted by Crippen LogP contribution is -2.40. The number of carbonyl (C=O) groups excluding carboxylic acids is 1. The summed E-state index contributed by atoms with van der Waals surface area (Å²) >= 11 is 2.42. The number of hydrogen-bond acceptors (Lipinski definition) is 2. The van der Waals surface area contributed by atoms with Crippen LogP contribution in [0.3, 0.4) is 0 Å². The third kappa shape index (κ3) is 3.90. The molecular formula is C17H24INO2. The Morgan fingerprint density at radius 3 is 2.76 bits per heavy atom. The highest BCUT2D eigenvalue weighted by Gasteiger charge is 2.28. The van der Waals surface area contributed by atoms with Crippen molar-refractivity contribution < 1.29 is 9.53 Å². The van der Waals surface area contributed by atoms with Gasteiger partial charge in [-0.3, -0.25) is 4.90 Å². The van der Waals surface area contributed by atoms with Crippen molar-refractivity contribution in [3.05, 3.63) is 29.3 Å². The highest BCUT2D eigenvalue weighted by atomic mass is 127. The van der Waals surface area contributed by atoms with Gasteiger partial charge >= 0.3 is 6.09 Å². The number of carbonyl (C=O) groups is 1. The maximum Gasteiger partial charge on any atom is 0.414 e. The summed E-state index contributed by atoms with van der Waals surface area (Å²) in [6.45, 7) is 8.71. The lowest BCUT2D eigenvalue weighted by molar-refractivity contribution is 0.0578. The normalized spacial score (nSPS) is 16.3. The molecule has 0 bridgehead atoms. The minimum Gasteiger partial charge on any atom is -0.443 e. The van der Waals surface area contributed by atoms with Crippen molar-refractivity contribution in [2.24, 2.45) is 0 Å². The molecular weight excluding hydrogens is 377 g/mol. The van der Waals surface area contributed by atoms with Crippen LogP contribution in [0, 0.1) is 0 Å². The molecule has 1 unspecified atom stereocenters.